The zero-order chi connectivity index (χ0) is 16.4. The van der Waals surface area contributed by atoms with Crippen LogP contribution in [0, 0.1) is 0 Å². The molecule has 1 aromatic rings. The summed E-state index contributed by atoms with van der Waals surface area (Å²) in [4.78, 5) is 14.6. The monoisotopic (exact) mass is 377 g/mol. The Balaban J connectivity index is 2.06. The van der Waals surface area contributed by atoms with Gasteiger partial charge in [0.05, 0.1) is 7.11 Å². The first-order chi connectivity index (χ1) is 10.9. The van der Waals surface area contributed by atoms with E-state index in [1.165, 1.54) is 0 Å². The van der Waals surface area contributed by atoms with Crippen LogP contribution in [0.3, 0.4) is 0 Å². The van der Waals surface area contributed by atoms with Crippen LogP contribution in [0.5, 0.6) is 11.5 Å². The van der Waals surface area contributed by atoms with E-state index in [9.17, 15) is 9.90 Å². The van der Waals surface area contributed by atoms with Gasteiger partial charge in [-0.15, -0.1) is 0 Å². The minimum Gasteiger partial charge on any atom is -0.504 e. The van der Waals surface area contributed by atoms with Crippen molar-refractivity contribution in [2.24, 2.45) is 0 Å². The molecule has 1 aliphatic heterocycles. The second kappa shape index (κ2) is 4.84. The summed E-state index contributed by atoms with van der Waals surface area (Å²) in [5.74, 6) is 0.813. The molecule has 4 rings (SSSR count). The number of phenols is 1. The number of likely N-dealkylation sites (N-methyl/N-ethyl adjacent to an activating group) is 1. The number of ketones is 1. The van der Waals surface area contributed by atoms with Gasteiger partial charge in [0, 0.05) is 27.4 Å². The minimum absolute atomic E-state index is 0.141. The average molecular weight is 378 g/mol. The zero-order valence-corrected chi connectivity index (χ0v) is 14.9. The quantitative estimate of drug-likeness (QED) is 0.817. The number of likely N-dealkylation sites (tertiary alicyclic amines) is 1. The number of ether oxygens (including phenoxy) is 1. The number of methoxy groups -OCH3 is 1. The van der Waals surface area contributed by atoms with E-state index < -0.39 is 0 Å². The van der Waals surface area contributed by atoms with Crippen LogP contribution in [0.2, 0.25) is 0 Å². The minimum atomic E-state index is -0.359. The van der Waals surface area contributed by atoms with Gasteiger partial charge in [0.25, 0.3) is 0 Å². The number of carbonyl (C=O) groups is 1. The van der Waals surface area contributed by atoms with Gasteiger partial charge in [-0.05, 0) is 50.6 Å². The van der Waals surface area contributed by atoms with Crippen molar-refractivity contribution in [3.63, 3.8) is 0 Å². The third kappa shape index (κ3) is 1.72. The summed E-state index contributed by atoms with van der Waals surface area (Å²) in [5.41, 5.74) is 1.49. The molecule has 2 aliphatic carbocycles. The first-order valence-electron chi connectivity index (χ1n) is 7.97. The van der Waals surface area contributed by atoms with E-state index in [1.54, 1.807) is 13.2 Å². The number of aromatic hydroxyl groups is 1. The molecule has 1 saturated heterocycles. The van der Waals surface area contributed by atoms with E-state index in [0.29, 0.717) is 12.2 Å². The molecule has 0 aromatic heterocycles. The fourth-order valence-corrected chi connectivity index (χ4v) is 5.69. The number of allylic oxidation sites excluding steroid dienone is 1. The first kappa shape index (κ1) is 15.2. The lowest BCUT2D eigenvalue weighted by Gasteiger charge is -2.53. The standard InChI is InChI=1S/C18H20BrNO3/c1-20-8-7-17-10-11(21)3-5-18(17,20)6-4-12-13(19)9-14(23-2)16(22)15(12)17/h3,5,9,22H,4,6-8,10H2,1-2H3/t17-,18-/m0/s1. The molecule has 5 heteroatoms. The fourth-order valence-electron chi connectivity index (χ4n) is 5.09. The predicted octanol–water partition coefficient (Wildman–Crippen LogP) is 2.95. The maximum Gasteiger partial charge on any atom is 0.161 e. The summed E-state index contributed by atoms with van der Waals surface area (Å²) < 4.78 is 6.33. The smallest absolute Gasteiger partial charge is 0.161 e. The molecule has 1 aromatic carbocycles. The lowest BCUT2D eigenvalue weighted by atomic mass is 9.55. The van der Waals surface area contributed by atoms with E-state index in [4.69, 9.17) is 4.74 Å². The van der Waals surface area contributed by atoms with Crippen LogP contribution in [-0.4, -0.2) is 42.0 Å². The van der Waals surface area contributed by atoms with Crippen molar-refractivity contribution in [3.05, 3.63) is 33.8 Å². The van der Waals surface area contributed by atoms with Crippen LogP contribution >= 0.6 is 15.9 Å². The molecule has 0 bridgehead atoms. The number of fused-ring (bicyclic) bond motifs is 1. The number of nitrogens with zero attached hydrogens (tertiary/aromatic N) is 1. The lowest BCUT2D eigenvalue weighted by molar-refractivity contribution is -0.117. The van der Waals surface area contributed by atoms with Gasteiger partial charge in [-0.1, -0.05) is 22.0 Å². The molecule has 23 heavy (non-hydrogen) atoms. The average Bonchev–Trinajstić information content (AvgIpc) is 2.83. The Morgan fingerprint density at radius 1 is 1.39 bits per heavy atom. The first-order valence-corrected chi connectivity index (χ1v) is 8.76. The molecule has 1 fully saturated rings. The highest BCUT2D eigenvalue weighted by molar-refractivity contribution is 9.10. The van der Waals surface area contributed by atoms with Crippen molar-refractivity contribution in [2.75, 3.05) is 20.7 Å². The van der Waals surface area contributed by atoms with Gasteiger partial charge in [0.2, 0.25) is 0 Å². The van der Waals surface area contributed by atoms with Crippen LogP contribution < -0.4 is 4.74 Å². The maximum absolute atomic E-state index is 12.3. The van der Waals surface area contributed by atoms with Gasteiger partial charge in [-0.3, -0.25) is 9.69 Å². The molecule has 0 unspecified atom stereocenters. The third-order valence-electron chi connectivity index (χ3n) is 6.18. The van der Waals surface area contributed by atoms with Crippen molar-refractivity contribution in [1.29, 1.82) is 0 Å². The number of halogens is 1. The van der Waals surface area contributed by atoms with E-state index >= 15 is 0 Å². The summed E-state index contributed by atoms with van der Waals surface area (Å²) in [6, 6.07) is 1.83. The molecule has 3 aliphatic rings. The zero-order valence-electron chi connectivity index (χ0n) is 13.4. The van der Waals surface area contributed by atoms with Crippen LogP contribution in [0.4, 0.5) is 0 Å². The van der Waals surface area contributed by atoms with Gasteiger partial charge >= 0.3 is 0 Å². The van der Waals surface area contributed by atoms with Gasteiger partial charge in [-0.25, -0.2) is 0 Å². The maximum atomic E-state index is 12.3. The Hall–Kier alpha value is -1.33. The van der Waals surface area contributed by atoms with E-state index in [1.807, 2.05) is 6.07 Å². The summed E-state index contributed by atoms with van der Waals surface area (Å²) >= 11 is 3.64. The predicted molar refractivity (Wildman–Crippen MR) is 91.1 cm³/mol. The highest BCUT2D eigenvalue weighted by atomic mass is 79.9. The molecular weight excluding hydrogens is 358 g/mol. The van der Waals surface area contributed by atoms with Crippen LogP contribution in [0.1, 0.15) is 30.4 Å². The Morgan fingerprint density at radius 3 is 2.91 bits per heavy atom. The second-order valence-electron chi connectivity index (χ2n) is 6.92. The Kier molecular flexibility index (Phi) is 3.20. The van der Waals surface area contributed by atoms with Crippen molar-refractivity contribution in [3.8, 4) is 11.5 Å². The lowest BCUT2D eigenvalue weighted by Crippen LogP contribution is -2.58. The second-order valence-corrected chi connectivity index (χ2v) is 7.77. The number of phenolic OH excluding ortho intramolecular Hbond substituents is 1. The Morgan fingerprint density at radius 2 is 2.17 bits per heavy atom. The van der Waals surface area contributed by atoms with Crippen LogP contribution in [0.25, 0.3) is 0 Å². The van der Waals surface area contributed by atoms with Crippen LogP contribution in [0.15, 0.2) is 22.7 Å². The molecule has 0 radical (unpaired) electrons. The molecule has 1 heterocycles. The SMILES string of the molecule is COc1cc(Br)c2c(c1O)[C@@]13CCN(C)[C@@]1(C=CC(=O)C3)CC2. The molecule has 122 valence electrons. The van der Waals surface area contributed by atoms with E-state index in [0.717, 1.165) is 41.4 Å². The molecule has 0 saturated carbocycles. The Labute approximate surface area is 144 Å². The molecule has 0 spiro atoms. The normalized spacial score (nSPS) is 32.4. The highest BCUT2D eigenvalue weighted by Crippen LogP contribution is 2.61. The molecular formula is C18H20BrNO3. The van der Waals surface area contributed by atoms with E-state index in [2.05, 4.69) is 34.0 Å². The molecule has 0 amide bonds. The molecule has 4 nitrogen and oxygen atoms in total. The largest absolute Gasteiger partial charge is 0.504 e. The summed E-state index contributed by atoms with van der Waals surface area (Å²) in [6.45, 7) is 0.922. The third-order valence-corrected chi connectivity index (χ3v) is 6.89. The summed E-state index contributed by atoms with van der Waals surface area (Å²) in [5, 5.41) is 10.9. The molecule has 1 N–H and O–H groups in total. The Bertz CT molecular complexity index is 744. The van der Waals surface area contributed by atoms with E-state index in [-0.39, 0.29) is 22.5 Å². The van der Waals surface area contributed by atoms with Crippen molar-refractivity contribution < 1.29 is 14.6 Å². The number of rotatable bonds is 1. The topological polar surface area (TPSA) is 49.8 Å². The van der Waals surface area contributed by atoms with Crippen molar-refractivity contribution in [1.82, 2.24) is 4.90 Å². The van der Waals surface area contributed by atoms with Crippen molar-refractivity contribution >= 4 is 21.7 Å². The van der Waals surface area contributed by atoms with Gasteiger partial charge in [0.15, 0.2) is 17.3 Å². The summed E-state index contributed by atoms with van der Waals surface area (Å²) in [7, 11) is 3.69. The fraction of sp³-hybridized carbons (Fsp3) is 0.500. The number of hydrogen-bond acceptors (Lipinski definition) is 4. The number of benzene rings is 1. The highest BCUT2D eigenvalue weighted by Gasteiger charge is 2.62. The molecule has 2 atom stereocenters. The van der Waals surface area contributed by atoms with Gasteiger partial charge in [-0.2, -0.15) is 0 Å². The number of hydrogen-bond donors (Lipinski definition) is 1. The van der Waals surface area contributed by atoms with Gasteiger partial charge < -0.3 is 9.84 Å². The summed E-state index contributed by atoms with van der Waals surface area (Å²) in [6.07, 6.45) is 6.98. The van der Waals surface area contributed by atoms with Gasteiger partial charge in [0.1, 0.15) is 0 Å². The van der Waals surface area contributed by atoms with Crippen LogP contribution in [-0.2, 0) is 16.6 Å². The number of carbonyl (C=O) groups excluding carboxylic acids is 1. The van der Waals surface area contributed by atoms with Crippen molar-refractivity contribution in [2.45, 2.75) is 36.6 Å².